The van der Waals surface area contributed by atoms with E-state index in [1.54, 1.807) is 60.9 Å². The molecular formula is C30H23ClN2O5. The lowest BCUT2D eigenvalue weighted by molar-refractivity contribution is -0.140. The number of rotatable bonds is 7. The van der Waals surface area contributed by atoms with Gasteiger partial charge in [-0.05, 0) is 65.7 Å². The smallest absolute Gasteiger partial charge is 0.295 e. The number of pyridine rings is 1. The topological polar surface area (TPSA) is 89.0 Å². The molecule has 1 aromatic heterocycles. The SMILES string of the molecule is COc1ccc(/C(O)=C2\C(=O)C(=O)N(Cc3ccncc3)C2c2cccc(Oc3ccccc3)c2)cc1Cl. The normalized spacial score (nSPS) is 16.5. The first-order valence-electron chi connectivity index (χ1n) is 11.8. The molecule has 2 heterocycles. The van der Waals surface area contributed by atoms with Crippen LogP contribution in [0.3, 0.4) is 0 Å². The largest absolute Gasteiger partial charge is 0.507 e. The molecule has 3 aromatic carbocycles. The fourth-order valence-electron chi connectivity index (χ4n) is 4.42. The van der Waals surface area contributed by atoms with E-state index in [0.29, 0.717) is 28.4 Å². The number of Topliss-reactive ketones (excluding diaryl/α,β-unsaturated/α-hetero) is 1. The second-order valence-electron chi connectivity index (χ2n) is 8.62. The lowest BCUT2D eigenvalue weighted by Gasteiger charge is -2.26. The number of aliphatic hydroxyl groups excluding tert-OH is 1. The predicted octanol–water partition coefficient (Wildman–Crippen LogP) is 6.16. The van der Waals surface area contributed by atoms with Crippen molar-refractivity contribution in [2.45, 2.75) is 12.6 Å². The van der Waals surface area contributed by atoms with Crippen molar-refractivity contribution < 1.29 is 24.2 Å². The van der Waals surface area contributed by atoms with Crippen LogP contribution in [0.1, 0.15) is 22.7 Å². The van der Waals surface area contributed by atoms with Crippen LogP contribution in [0.2, 0.25) is 5.02 Å². The average molecular weight is 527 g/mol. The van der Waals surface area contributed by atoms with Gasteiger partial charge in [-0.15, -0.1) is 0 Å². The highest BCUT2D eigenvalue weighted by atomic mass is 35.5. The zero-order chi connectivity index (χ0) is 26.6. The number of aliphatic hydroxyl groups is 1. The molecule has 190 valence electrons. The molecule has 5 rings (SSSR count). The van der Waals surface area contributed by atoms with Crippen molar-refractivity contribution in [2.75, 3.05) is 7.11 Å². The van der Waals surface area contributed by atoms with Crippen LogP contribution >= 0.6 is 11.6 Å². The Hall–Kier alpha value is -4.62. The number of aromatic nitrogens is 1. The van der Waals surface area contributed by atoms with Gasteiger partial charge < -0.3 is 19.5 Å². The monoisotopic (exact) mass is 526 g/mol. The van der Waals surface area contributed by atoms with Gasteiger partial charge in [0.1, 0.15) is 23.0 Å². The summed E-state index contributed by atoms with van der Waals surface area (Å²) in [6.07, 6.45) is 3.24. The first kappa shape index (κ1) is 25.0. The van der Waals surface area contributed by atoms with Crippen LogP contribution in [-0.2, 0) is 16.1 Å². The number of hydrogen-bond donors (Lipinski definition) is 1. The highest BCUT2D eigenvalue weighted by molar-refractivity contribution is 6.46. The third kappa shape index (κ3) is 4.96. The van der Waals surface area contributed by atoms with Gasteiger partial charge in [0.15, 0.2) is 0 Å². The maximum Gasteiger partial charge on any atom is 0.295 e. The molecule has 1 aliphatic heterocycles. The van der Waals surface area contributed by atoms with Crippen molar-refractivity contribution in [3.8, 4) is 17.2 Å². The van der Waals surface area contributed by atoms with Gasteiger partial charge >= 0.3 is 0 Å². The Kier molecular flexibility index (Phi) is 7.11. The van der Waals surface area contributed by atoms with Gasteiger partial charge in [0, 0.05) is 24.5 Å². The molecule has 0 saturated carbocycles. The molecule has 7 nitrogen and oxygen atoms in total. The zero-order valence-electron chi connectivity index (χ0n) is 20.4. The Morgan fingerprint density at radius 1 is 0.947 bits per heavy atom. The number of benzene rings is 3. The van der Waals surface area contributed by atoms with E-state index in [9.17, 15) is 14.7 Å². The van der Waals surface area contributed by atoms with Gasteiger partial charge in [0.2, 0.25) is 0 Å². The minimum absolute atomic E-state index is 0.0397. The summed E-state index contributed by atoms with van der Waals surface area (Å²) in [5.74, 6) is -0.252. The van der Waals surface area contributed by atoms with Crippen molar-refractivity contribution in [1.82, 2.24) is 9.88 Å². The van der Waals surface area contributed by atoms with Crippen molar-refractivity contribution in [2.24, 2.45) is 0 Å². The molecular weight excluding hydrogens is 504 g/mol. The summed E-state index contributed by atoms with van der Waals surface area (Å²) in [5.41, 5.74) is 1.64. The van der Waals surface area contributed by atoms with E-state index in [-0.39, 0.29) is 22.9 Å². The number of amides is 1. The summed E-state index contributed by atoms with van der Waals surface area (Å²) in [6, 6.07) is 23.7. The van der Waals surface area contributed by atoms with Crippen LogP contribution in [0.25, 0.3) is 5.76 Å². The first-order chi connectivity index (χ1) is 18.5. The maximum atomic E-state index is 13.4. The molecule has 0 aliphatic carbocycles. The highest BCUT2D eigenvalue weighted by Crippen LogP contribution is 2.42. The average Bonchev–Trinajstić information content (AvgIpc) is 3.19. The number of ketones is 1. The Labute approximate surface area is 224 Å². The van der Waals surface area contributed by atoms with E-state index >= 15 is 0 Å². The molecule has 1 N–H and O–H groups in total. The Balaban J connectivity index is 1.62. The first-order valence-corrected chi connectivity index (χ1v) is 12.2. The van der Waals surface area contributed by atoms with Gasteiger partial charge in [-0.2, -0.15) is 0 Å². The lowest BCUT2D eigenvalue weighted by atomic mass is 9.95. The van der Waals surface area contributed by atoms with E-state index in [2.05, 4.69) is 4.98 Å². The Morgan fingerprint density at radius 3 is 2.39 bits per heavy atom. The van der Waals surface area contributed by atoms with Gasteiger partial charge in [0.25, 0.3) is 11.7 Å². The number of likely N-dealkylation sites (tertiary alicyclic amines) is 1. The maximum absolute atomic E-state index is 13.4. The third-order valence-corrected chi connectivity index (χ3v) is 6.52. The molecule has 38 heavy (non-hydrogen) atoms. The molecule has 1 amide bonds. The summed E-state index contributed by atoms with van der Waals surface area (Å²) in [7, 11) is 1.48. The Morgan fingerprint density at radius 2 is 1.68 bits per heavy atom. The molecule has 0 spiro atoms. The van der Waals surface area contributed by atoms with E-state index < -0.39 is 17.7 Å². The molecule has 0 bridgehead atoms. The molecule has 1 unspecified atom stereocenters. The third-order valence-electron chi connectivity index (χ3n) is 6.22. The Bertz CT molecular complexity index is 1520. The van der Waals surface area contributed by atoms with Crippen molar-refractivity contribution >= 4 is 29.1 Å². The van der Waals surface area contributed by atoms with Crippen molar-refractivity contribution in [3.05, 3.63) is 125 Å². The number of para-hydroxylation sites is 1. The van der Waals surface area contributed by atoms with Gasteiger partial charge in [0.05, 0.1) is 23.7 Å². The molecule has 1 aliphatic rings. The molecule has 1 atom stereocenters. The van der Waals surface area contributed by atoms with Crippen LogP contribution in [-0.4, -0.2) is 33.8 Å². The lowest BCUT2D eigenvalue weighted by Crippen LogP contribution is -2.29. The van der Waals surface area contributed by atoms with Gasteiger partial charge in [-0.1, -0.05) is 41.9 Å². The molecule has 8 heteroatoms. The number of ether oxygens (including phenoxy) is 2. The second-order valence-corrected chi connectivity index (χ2v) is 9.03. The van der Waals surface area contributed by atoms with Crippen LogP contribution in [0.15, 0.2) is 103 Å². The molecule has 1 saturated heterocycles. The van der Waals surface area contributed by atoms with Crippen molar-refractivity contribution in [3.63, 3.8) is 0 Å². The van der Waals surface area contributed by atoms with Crippen LogP contribution in [0.5, 0.6) is 17.2 Å². The van der Waals surface area contributed by atoms with E-state index in [4.69, 9.17) is 21.1 Å². The summed E-state index contributed by atoms with van der Waals surface area (Å²) in [5, 5.41) is 11.6. The second kappa shape index (κ2) is 10.8. The number of halogens is 1. The summed E-state index contributed by atoms with van der Waals surface area (Å²) < 4.78 is 11.2. The zero-order valence-corrected chi connectivity index (χ0v) is 21.1. The van der Waals surface area contributed by atoms with E-state index in [1.165, 1.54) is 18.1 Å². The molecule has 4 aromatic rings. The number of carbonyl (C=O) groups is 2. The summed E-state index contributed by atoms with van der Waals surface area (Å²) in [6.45, 7) is 0.141. The van der Waals surface area contributed by atoms with E-state index in [0.717, 1.165) is 5.56 Å². The number of nitrogens with zero attached hydrogens (tertiary/aromatic N) is 2. The minimum Gasteiger partial charge on any atom is -0.507 e. The molecule has 1 fully saturated rings. The van der Waals surface area contributed by atoms with Gasteiger partial charge in [-0.25, -0.2) is 0 Å². The fourth-order valence-corrected chi connectivity index (χ4v) is 4.67. The summed E-state index contributed by atoms with van der Waals surface area (Å²) in [4.78, 5) is 32.2. The quantitative estimate of drug-likeness (QED) is 0.176. The highest BCUT2D eigenvalue weighted by Gasteiger charge is 2.46. The number of hydrogen-bond acceptors (Lipinski definition) is 6. The standard InChI is InChI=1S/C30H23ClN2O5/c1-37-25-11-10-21(17-24(25)31)28(34)26-27(33(30(36)29(26)35)18-19-12-14-32-15-13-19)20-6-5-9-23(16-20)38-22-7-3-2-4-8-22/h2-17,27,34H,18H2,1H3/b28-26+. The molecule has 0 radical (unpaired) electrons. The van der Waals surface area contributed by atoms with E-state index in [1.807, 2.05) is 30.3 Å². The predicted molar refractivity (Wildman–Crippen MR) is 143 cm³/mol. The van der Waals surface area contributed by atoms with Crippen LogP contribution in [0.4, 0.5) is 0 Å². The van der Waals surface area contributed by atoms with Crippen LogP contribution in [0, 0.1) is 0 Å². The number of methoxy groups -OCH3 is 1. The van der Waals surface area contributed by atoms with Gasteiger partial charge in [-0.3, -0.25) is 14.6 Å². The fraction of sp³-hybridized carbons (Fsp3) is 0.100. The minimum atomic E-state index is -0.872. The number of carbonyl (C=O) groups excluding carboxylic acids is 2. The van der Waals surface area contributed by atoms with Crippen LogP contribution < -0.4 is 9.47 Å². The summed E-state index contributed by atoms with van der Waals surface area (Å²) >= 11 is 6.29. The van der Waals surface area contributed by atoms with Crippen molar-refractivity contribution in [1.29, 1.82) is 0 Å².